The molecule has 1 atom stereocenters. The molecule has 2 aromatic rings. The average Bonchev–Trinajstić information content (AvgIpc) is 2.97. The lowest BCUT2D eigenvalue weighted by atomic mass is 10.0. The fourth-order valence-electron chi connectivity index (χ4n) is 3.00. The van der Waals surface area contributed by atoms with Gasteiger partial charge in [-0.15, -0.1) is 11.3 Å². The fraction of sp³-hybridized carbons (Fsp3) is 0.529. The predicted molar refractivity (Wildman–Crippen MR) is 90.9 cm³/mol. The van der Waals surface area contributed by atoms with E-state index < -0.39 is 0 Å². The third-order valence-electron chi connectivity index (χ3n) is 4.27. The minimum Gasteiger partial charge on any atom is -0.306 e. The van der Waals surface area contributed by atoms with Gasteiger partial charge in [-0.25, -0.2) is 4.98 Å². The van der Waals surface area contributed by atoms with E-state index in [1.165, 1.54) is 24.2 Å². The van der Waals surface area contributed by atoms with E-state index in [0.29, 0.717) is 12.1 Å². The molecule has 1 aliphatic heterocycles. The number of rotatable bonds is 5. The monoisotopic (exact) mass is 316 g/mol. The van der Waals surface area contributed by atoms with Crippen LogP contribution in [0.15, 0.2) is 29.8 Å². The normalized spacial score (nSPS) is 18.5. The number of pyridine rings is 1. The summed E-state index contributed by atoms with van der Waals surface area (Å²) >= 11 is 1.73. The van der Waals surface area contributed by atoms with Crippen molar-refractivity contribution in [2.75, 3.05) is 13.1 Å². The molecule has 5 heteroatoms. The van der Waals surface area contributed by atoms with Crippen LogP contribution in [0, 0.1) is 6.92 Å². The predicted octanol–water partition coefficient (Wildman–Crippen LogP) is 3.16. The molecule has 3 heterocycles. The summed E-state index contributed by atoms with van der Waals surface area (Å²) in [5, 5.41) is 7.05. The van der Waals surface area contributed by atoms with Gasteiger partial charge in [-0.2, -0.15) is 0 Å². The Morgan fingerprint density at radius 2 is 2.18 bits per heavy atom. The largest absolute Gasteiger partial charge is 0.306 e. The fourth-order valence-corrected chi connectivity index (χ4v) is 3.70. The highest BCUT2D eigenvalue weighted by Crippen LogP contribution is 2.19. The van der Waals surface area contributed by atoms with E-state index in [-0.39, 0.29) is 0 Å². The van der Waals surface area contributed by atoms with Crippen molar-refractivity contribution in [2.24, 2.45) is 0 Å². The van der Waals surface area contributed by atoms with Crippen LogP contribution < -0.4 is 5.32 Å². The summed E-state index contributed by atoms with van der Waals surface area (Å²) in [4.78, 5) is 11.5. The number of piperidine rings is 1. The van der Waals surface area contributed by atoms with Crippen LogP contribution >= 0.6 is 11.3 Å². The summed E-state index contributed by atoms with van der Waals surface area (Å²) < 4.78 is 0. The maximum atomic E-state index is 4.58. The topological polar surface area (TPSA) is 41.1 Å². The summed E-state index contributed by atoms with van der Waals surface area (Å²) in [5.74, 6) is 0. The summed E-state index contributed by atoms with van der Waals surface area (Å²) in [6.45, 7) is 7.52. The Bertz CT molecular complexity index is 575. The van der Waals surface area contributed by atoms with Gasteiger partial charge in [-0.3, -0.25) is 9.88 Å². The molecule has 3 rings (SSSR count). The molecule has 0 spiro atoms. The number of thiazole rings is 1. The minimum atomic E-state index is 0.345. The molecule has 1 saturated heterocycles. The number of aromatic nitrogens is 2. The van der Waals surface area contributed by atoms with E-state index >= 15 is 0 Å². The molecule has 1 aliphatic rings. The van der Waals surface area contributed by atoms with Gasteiger partial charge in [0.25, 0.3) is 0 Å². The van der Waals surface area contributed by atoms with Crippen molar-refractivity contribution in [1.82, 2.24) is 20.2 Å². The second-order valence-corrected chi connectivity index (χ2v) is 7.11. The van der Waals surface area contributed by atoms with E-state index in [0.717, 1.165) is 24.6 Å². The van der Waals surface area contributed by atoms with E-state index in [4.69, 9.17) is 0 Å². The Morgan fingerprint density at radius 1 is 1.36 bits per heavy atom. The number of nitrogens with one attached hydrogen (secondary N) is 1. The first kappa shape index (κ1) is 15.6. The maximum Gasteiger partial charge on any atom is 0.0898 e. The van der Waals surface area contributed by atoms with E-state index in [1.54, 1.807) is 11.3 Å². The average molecular weight is 316 g/mol. The Hall–Kier alpha value is -1.30. The van der Waals surface area contributed by atoms with Crippen LogP contribution in [0.1, 0.15) is 42.2 Å². The quantitative estimate of drug-likeness (QED) is 0.920. The van der Waals surface area contributed by atoms with Gasteiger partial charge in [0, 0.05) is 43.3 Å². The molecule has 2 aromatic heterocycles. The highest BCUT2D eigenvalue weighted by Gasteiger charge is 2.21. The smallest absolute Gasteiger partial charge is 0.0898 e. The van der Waals surface area contributed by atoms with E-state index in [1.807, 2.05) is 12.3 Å². The van der Waals surface area contributed by atoms with Crippen LogP contribution in [0.3, 0.4) is 0 Å². The van der Waals surface area contributed by atoms with Crippen molar-refractivity contribution >= 4 is 11.3 Å². The maximum absolute atomic E-state index is 4.58. The molecule has 0 aliphatic carbocycles. The summed E-state index contributed by atoms with van der Waals surface area (Å²) in [6.07, 6.45) is 4.27. The summed E-state index contributed by atoms with van der Waals surface area (Å²) in [7, 11) is 0. The van der Waals surface area contributed by atoms with Crippen molar-refractivity contribution in [3.63, 3.8) is 0 Å². The van der Waals surface area contributed by atoms with Crippen molar-refractivity contribution in [3.8, 4) is 0 Å². The number of likely N-dealkylation sites (tertiary alicyclic amines) is 1. The summed E-state index contributed by atoms with van der Waals surface area (Å²) in [6, 6.07) is 7.08. The highest BCUT2D eigenvalue weighted by molar-refractivity contribution is 7.09. The van der Waals surface area contributed by atoms with Crippen LogP contribution in [-0.4, -0.2) is 34.0 Å². The van der Waals surface area contributed by atoms with Gasteiger partial charge in [0.05, 0.1) is 16.4 Å². The lowest BCUT2D eigenvalue weighted by molar-refractivity contribution is 0.183. The standard InChI is InChI=1S/C17H24N4S/c1-13(17-12-22-14(2)20-17)19-15-6-9-21(10-7-15)11-16-5-3-4-8-18-16/h3-5,8,12-13,15,19H,6-7,9-11H2,1-2H3/t13-/m0/s1. The lowest BCUT2D eigenvalue weighted by Gasteiger charge is -2.33. The summed E-state index contributed by atoms with van der Waals surface area (Å²) in [5.41, 5.74) is 2.35. The molecule has 0 aromatic carbocycles. The number of hydrogen-bond donors (Lipinski definition) is 1. The number of hydrogen-bond acceptors (Lipinski definition) is 5. The first-order valence-corrected chi connectivity index (χ1v) is 8.89. The van der Waals surface area contributed by atoms with Gasteiger partial charge in [0.2, 0.25) is 0 Å². The minimum absolute atomic E-state index is 0.345. The zero-order valence-corrected chi connectivity index (χ0v) is 14.1. The third kappa shape index (κ3) is 4.12. The first-order valence-electron chi connectivity index (χ1n) is 8.01. The van der Waals surface area contributed by atoms with Gasteiger partial charge < -0.3 is 5.32 Å². The number of aryl methyl sites for hydroxylation is 1. The highest BCUT2D eigenvalue weighted by atomic mass is 32.1. The molecular weight excluding hydrogens is 292 g/mol. The Labute approximate surface area is 136 Å². The molecule has 0 saturated carbocycles. The van der Waals surface area contributed by atoms with Crippen LogP contribution in [0.4, 0.5) is 0 Å². The van der Waals surface area contributed by atoms with Gasteiger partial charge >= 0.3 is 0 Å². The van der Waals surface area contributed by atoms with Crippen molar-refractivity contribution in [2.45, 2.75) is 45.3 Å². The van der Waals surface area contributed by atoms with Gasteiger partial charge in [0.1, 0.15) is 0 Å². The molecule has 22 heavy (non-hydrogen) atoms. The van der Waals surface area contributed by atoms with Gasteiger partial charge in [-0.1, -0.05) is 6.07 Å². The molecule has 4 nitrogen and oxygen atoms in total. The molecule has 0 unspecified atom stereocenters. The molecule has 1 fully saturated rings. The first-order chi connectivity index (χ1) is 10.7. The van der Waals surface area contributed by atoms with Gasteiger partial charge in [-0.05, 0) is 38.8 Å². The lowest BCUT2D eigenvalue weighted by Crippen LogP contribution is -2.43. The molecule has 0 amide bonds. The third-order valence-corrected chi connectivity index (χ3v) is 5.06. The Morgan fingerprint density at radius 3 is 2.82 bits per heavy atom. The van der Waals surface area contributed by atoms with Gasteiger partial charge in [0.15, 0.2) is 0 Å². The van der Waals surface area contributed by atoms with Crippen LogP contribution in [0.2, 0.25) is 0 Å². The van der Waals surface area contributed by atoms with Crippen LogP contribution in [0.5, 0.6) is 0 Å². The van der Waals surface area contributed by atoms with E-state index in [9.17, 15) is 0 Å². The zero-order valence-electron chi connectivity index (χ0n) is 13.3. The van der Waals surface area contributed by atoms with E-state index in [2.05, 4.69) is 51.5 Å². The number of nitrogens with zero attached hydrogens (tertiary/aromatic N) is 3. The van der Waals surface area contributed by atoms with Crippen molar-refractivity contribution in [1.29, 1.82) is 0 Å². The second-order valence-electron chi connectivity index (χ2n) is 6.05. The Balaban J connectivity index is 1.45. The molecule has 0 bridgehead atoms. The van der Waals surface area contributed by atoms with Crippen molar-refractivity contribution in [3.05, 3.63) is 46.2 Å². The molecule has 118 valence electrons. The molecular formula is C17H24N4S. The second kappa shape index (κ2) is 7.31. The SMILES string of the molecule is Cc1nc([C@H](C)NC2CCN(Cc3ccccn3)CC2)cs1. The van der Waals surface area contributed by atoms with Crippen LogP contribution in [0.25, 0.3) is 0 Å². The molecule has 0 radical (unpaired) electrons. The van der Waals surface area contributed by atoms with Crippen LogP contribution in [-0.2, 0) is 6.54 Å². The Kier molecular flexibility index (Phi) is 5.18. The van der Waals surface area contributed by atoms with Crippen molar-refractivity contribution < 1.29 is 0 Å². The molecule has 1 N–H and O–H groups in total. The zero-order chi connectivity index (χ0) is 15.4.